The number of aromatic nitrogens is 2. The van der Waals surface area contributed by atoms with E-state index < -0.39 is 5.60 Å². The largest absolute Gasteiger partial charge is 0.382 e. The molecule has 1 aromatic rings. The molecule has 1 aliphatic heterocycles. The highest BCUT2D eigenvalue weighted by molar-refractivity contribution is 6.31. The third kappa shape index (κ3) is 1.89. The topological polar surface area (TPSA) is 41.3 Å². The van der Waals surface area contributed by atoms with Gasteiger partial charge in [0.2, 0.25) is 0 Å². The molecule has 0 aliphatic carbocycles. The van der Waals surface area contributed by atoms with E-state index in [1.807, 2.05) is 14.1 Å². The first-order valence-corrected chi connectivity index (χ1v) is 5.50. The standard InChI is InChI=1S/C10H16ClN3O/c1-13-5-3-4-10(15,7-13)9-8(11)6-12-14(9)2/h6,15H,3-5,7H2,1-2H3. The lowest BCUT2D eigenvalue weighted by Crippen LogP contribution is -2.45. The summed E-state index contributed by atoms with van der Waals surface area (Å²) in [6.07, 6.45) is 3.31. The van der Waals surface area contributed by atoms with Crippen LogP contribution in [0.25, 0.3) is 0 Å². The molecule has 0 saturated carbocycles. The first-order chi connectivity index (χ1) is 7.03. The van der Waals surface area contributed by atoms with Gasteiger partial charge in [0, 0.05) is 13.6 Å². The van der Waals surface area contributed by atoms with Crippen LogP contribution in [0, 0.1) is 0 Å². The molecule has 15 heavy (non-hydrogen) atoms. The summed E-state index contributed by atoms with van der Waals surface area (Å²) in [4.78, 5) is 2.12. The maximum atomic E-state index is 10.6. The van der Waals surface area contributed by atoms with Gasteiger partial charge in [-0.25, -0.2) is 0 Å². The molecule has 0 spiro atoms. The Labute approximate surface area is 94.4 Å². The van der Waals surface area contributed by atoms with Gasteiger partial charge in [0.05, 0.1) is 16.9 Å². The van der Waals surface area contributed by atoms with E-state index in [4.69, 9.17) is 11.6 Å². The summed E-state index contributed by atoms with van der Waals surface area (Å²) in [6, 6.07) is 0. The number of aryl methyl sites for hydroxylation is 1. The van der Waals surface area contributed by atoms with Crippen LogP contribution in [0.1, 0.15) is 18.5 Å². The fourth-order valence-corrected chi connectivity index (χ4v) is 2.72. The fraction of sp³-hybridized carbons (Fsp3) is 0.700. The van der Waals surface area contributed by atoms with Crippen molar-refractivity contribution in [3.8, 4) is 0 Å². The van der Waals surface area contributed by atoms with Gasteiger partial charge >= 0.3 is 0 Å². The van der Waals surface area contributed by atoms with Crippen molar-refractivity contribution in [2.75, 3.05) is 20.1 Å². The van der Waals surface area contributed by atoms with Gasteiger partial charge in [-0.3, -0.25) is 4.68 Å². The van der Waals surface area contributed by atoms with Crippen LogP contribution in [0.5, 0.6) is 0 Å². The summed E-state index contributed by atoms with van der Waals surface area (Å²) in [6.45, 7) is 1.64. The second-order valence-electron chi connectivity index (χ2n) is 4.34. The normalized spacial score (nSPS) is 28.3. The van der Waals surface area contributed by atoms with Crippen LogP contribution < -0.4 is 0 Å². The Bertz CT molecular complexity index is 346. The van der Waals surface area contributed by atoms with Gasteiger partial charge in [-0.05, 0) is 26.4 Å². The zero-order valence-electron chi connectivity index (χ0n) is 9.07. The van der Waals surface area contributed by atoms with E-state index in [0.29, 0.717) is 11.6 Å². The van der Waals surface area contributed by atoms with Gasteiger partial charge in [0.15, 0.2) is 0 Å². The lowest BCUT2D eigenvalue weighted by Gasteiger charge is -2.37. The van der Waals surface area contributed by atoms with E-state index in [0.717, 1.165) is 25.1 Å². The minimum Gasteiger partial charge on any atom is -0.382 e. The zero-order valence-corrected chi connectivity index (χ0v) is 9.83. The average molecular weight is 230 g/mol. The number of aliphatic hydroxyl groups is 1. The van der Waals surface area contributed by atoms with Crippen LogP contribution in [0.3, 0.4) is 0 Å². The van der Waals surface area contributed by atoms with E-state index in [1.165, 1.54) is 0 Å². The number of piperidine rings is 1. The van der Waals surface area contributed by atoms with Crippen LogP contribution in [0.15, 0.2) is 6.20 Å². The van der Waals surface area contributed by atoms with E-state index in [1.54, 1.807) is 10.9 Å². The molecule has 1 saturated heterocycles. The molecule has 0 aromatic carbocycles. The van der Waals surface area contributed by atoms with Gasteiger partial charge in [0.25, 0.3) is 0 Å². The Balaban J connectivity index is 2.36. The molecule has 5 heteroatoms. The number of likely N-dealkylation sites (N-methyl/N-ethyl adjacent to an activating group) is 1. The number of hydrogen-bond acceptors (Lipinski definition) is 3. The second-order valence-corrected chi connectivity index (χ2v) is 4.74. The van der Waals surface area contributed by atoms with Crippen molar-refractivity contribution in [1.82, 2.24) is 14.7 Å². The number of halogens is 1. The number of hydrogen-bond donors (Lipinski definition) is 1. The van der Waals surface area contributed by atoms with E-state index in [9.17, 15) is 5.11 Å². The van der Waals surface area contributed by atoms with Crippen LogP contribution in [0.2, 0.25) is 5.02 Å². The van der Waals surface area contributed by atoms with Crippen LogP contribution in [-0.4, -0.2) is 39.9 Å². The average Bonchev–Trinajstić information content (AvgIpc) is 2.46. The highest BCUT2D eigenvalue weighted by Crippen LogP contribution is 2.34. The molecule has 2 rings (SSSR count). The molecule has 1 aliphatic rings. The zero-order chi connectivity index (χ0) is 11.1. The summed E-state index contributed by atoms with van der Waals surface area (Å²) in [5, 5.41) is 15.2. The minimum absolute atomic E-state index is 0.551. The van der Waals surface area contributed by atoms with Gasteiger partial charge in [0.1, 0.15) is 5.60 Å². The molecule has 0 radical (unpaired) electrons. The van der Waals surface area contributed by atoms with Crippen molar-refractivity contribution in [3.05, 3.63) is 16.9 Å². The molecule has 1 aromatic heterocycles. The van der Waals surface area contributed by atoms with Crippen molar-refractivity contribution in [2.45, 2.75) is 18.4 Å². The maximum absolute atomic E-state index is 10.6. The Morgan fingerprint density at radius 1 is 1.53 bits per heavy atom. The Hall–Kier alpha value is -0.580. The lowest BCUT2D eigenvalue weighted by atomic mass is 9.90. The van der Waals surface area contributed by atoms with Crippen LogP contribution >= 0.6 is 11.6 Å². The molecule has 84 valence electrons. The van der Waals surface area contributed by atoms with E-state index in [2.05, 4.69) is 10.00 Å². The summed E-state index contributed by atoms with van der Waals surface area (Å²) in [5.41, 5.74) is -0.120. The van der Waals surface area contributed by atoms with Crippen molar-refractivity contribution >= 4 is 11.6 Å². The highest BCUT2D eigenvalue weighted by atomic mass is 35.5. The van der Waals surface area contributed by atoms with E-state index in [-0.39, 0.29) is 0 Å². The molecule has 2 heterocycles. The maximum Gasteiger partial charge on any atom is 0.120 e. The minimum atomic E-state index is -0.852. The molecule has 1 atom stereocenters. The van der Waals surface area contributed by atoms with E-state index >= 15 is 0 Å². The fourth-order valence-electron chi connectivity index (χ4n) is 2.37. The quantitative estimate of drug-likeness (QED) is 0.781. The summed E-state index contributed by atoms with van der Waals surface area (Å²) < 4.78 is 1.67. The molecule has 1 N–H and O–H groups in total. The van der Waals surface area contributed by atoms with Crippen molar-refractivity contribution in [2.24, 2.45) is 7.05 Å². The highest BCUT2D eigenvalue weighted by Gasteiger charge is 2.37. The van der Waals surface area contributed by atoms with Crippen molar-refractivity contribution < 1.29 is 5.11 Å². The Morgan fingerprint density at radius 3 is 2.80 bits per heavy atom. The van der Waals surface area contributed by atoms with Gasteiger partial charge in [-0.15, -0.1) is 0 Å². The van der Waals surface area contributed by atoms with Gasteiger partial charge in [-0.1, -0.05) is 11.6 Å². The van der Waals surface area contributed by atoms with Crippen LogP contribution in [-0.2, 0) is 12.6 Å². The first kappa shape index (κ1) is 10.9. The predicted molar refractivity (Wildman–Crippen MR) is 58.8 cm³/mol. The van der Waals surface area contributed by atoms with Crippen molar-refractivity contribution in [1.29, 1.82) is 0 Å². The van der Waals surface area contributed by atoms with Gasteiger partial charge in [-0.2, -0.15) is 5.10 Å². The molecule has 1 unspecified atom stereocenters. The Kier molecular flexibility index (Phi) is 2.75. The molecular weight excluding hydrogens is 214 g/mol. The SMILES string of the molecule is CN1CCCC(O)(c2c(Cl)cnn2C)C1. The first-order valence-electron chi connectivity index (χ1n) is 5.12. The predicted octanol–water partition coefficient (Wildman–Crippen LogP) is 0.987. The summed E-state index contributed by atoms with van der Waals surface area (Å²) in [7, 11) is 3.82. The number of β-amino-alcohol motifs (C(OH)–C–C–N with tert-alkyl or cyclic N) is 1. The van der Waals surface area contributed by atoms with Crippen LogP contribution in [0.4, 0.5) is 0 Å². The third-order valence-corrected chi connectivity index (χ3v) is 3.27. The summed E-state index contributed by atoms with van der Waals surface area (Å²) >= 11 is 6.05. The monoisotopic (exact) mass is 229 g/mol. The second kappa shape index (κ2) is 3.77. The Morgan fingerprint density at radius 2 is 2.27 bits per heavy atom. The number of rotatable bonds is 1. The van der Waals surface area contributed by atoms with Gasteiger partial charge < -0.3 is 10.0 Å². The molecular formula is C10H16ClN3O. The summed E-state index contributed by atoms with van der Waals surface area (Å²) in [5.74, 6) is 0. The third-order valence-electron chi connectivity index (χ3n) is 3.00. The molecule has 0 bridgehead atoms. The smallest absolute Gasteiger partial charge is 0.120 e. The number of likely N-dealkylation sites (tertiary alicyclic amines) is 1. The number of nitrogens with zero attached hydrogens (tertiary/aromatic N) is 3. The lowest BCUT2D eigenvalue weighted by molar-refractivity contribution is -0.0338. The molecule has 1 fully saturated rings. The van der Waals surface area contributed by atoms with Crippen molar-refractivity contribution in [3.63, 3.8) is 0 Å². The molecule has 0 amide bonds. The molecule has 4 nitrogen and oxygen atoms in total.